The predicted octanol–water partition coefficient (Wildman–Crippen LogP) is 15.7. The number of para-hydroxylation sites is 3. The van der Waals surface area contributed by atoms with Gasteiger partial charge in [-0.3, -0.25) is 0 Å². The number of rotatable bonds is 7. The van der Waals surface area contributed by atoms with Crippen LogP contribution in [0.4, 0.5) is 17.1 Å². The molecule has 58 heavy (non-hydrogen) atoms. The van der Waals surface area contributed by atoms with Crippen LogP contribution in [-0.4, -0.2) is 0 Å². The Hall–Kier alpha value is -6.38. The van der Waals surface area contributed by atoms with Gasteiger partial charge in [-0.25, -0.2) is 0 Å². The van der Waals surface area contributed by atoms with E-state index < -0.39 is 0 Å². The molecule has 4 bridgehead atoms. The van der Waals surface area contributed by atoms with Gasteiger partial charge in [-0.1, -0.05) is 152 Å². The number of hydrogen-bond donors (Lipinski definition) is 0. The molecule has 0 unspecified atom stereocenters. The highest BCUT2D eigenvalue weighted by Gasteiger charge is 2.51. The zero-order valence-corrected chi connectivity index (χ0v) is 32.7. The Morgan fingerprint density at radius 3 is 1.74 bits per heavy atom. The summed E-state index contributed by atoms with van der Waals surface area (Å²) in [5, 5.41) is 4.71. The Labute approximate surface area is 340 Å². The molecule has 13 rings (SSSR count). The summed E-state index contributed by atoms with van der Waals surface area (Å²) in [6.45, 7) is 0. The molecular formula is C56H45NO. The molecule has 0 amide bonds. The highest BCUT2D eigenvalue weighted by Crippen LogP contribution is 2.61. The zero-order chi connectivity index (χ0) is 38.2. The minimum Gasteiger partial charge on any atom is -0.454 e. The molecule has 9 aromatic rings. The van der Waals surface area contributed by atoms with Gasteiger partial charge in [0.1, 0.15) is 5.58 Å². The fourth-order valence-electron chi connectivity index (χ4n) is 11.9. The van der Waals surface area contributed by atoms with E-state index in [9.17, 15) is 0 Å². The molecule has 0 spiro atoms. The van der Waals surface area contributed by atoms with Crippen molar-refractivity contribution in [3.8, 4) is 33.4 Å². The molecule has 1 aromatic heterocycles. The van der Waals surface area contributed by atoms with Crippen LogP contribution >= 0.6 is 0 Å². The summed E-state index contributed by atoms with van der Waals surface area (Å²) in [4.78, 5) is 2.41. The van der Waals surface area contributed by atoms with Crippen LogP contribution in [0.1, 0.15) is 44.1 Å². The summed E-state index contributed by atoms with van der Waals surface area (Å²) < 4.78 is 6.75. The number of nitrogens with zero attached hydrogens (tertiary/aromatic N) is 1. The van der Waals surface area contributed by atoms with Crippen molar-refractivity contribution in [3.63, 3.8) is 0 Å². The summed E-state index contributed by atoms with van der Waals surface area (Å²) in [6.07, 6.45) is 8.63. The van der Waals surface area contributed by atoms with E-state index in [0.717, 1.165) is 62.3 Å². The molecule has 2 nitrogen and oxygen atoms in total. The van der Waals surface area contributed by atoms with Gasteiger partial charge in [0, 0.05) is 22.0 Å². The topological polar surface area (TPSA) is 16.4 Å². The SMILES string of the molecule is c1ccc(-c2cccc3cccc(-c4ccccc4N(c4ccc(-c5ccc(C67CC8CC(CC(C8)C6)C7)cc5)cc4)c4cccc5c4oc4ccccc45)c23)cc1. The Kier molecular flexibility index (Phi) is 7.76. The summed E-state index contributed by atoms with van der Waals surface area (Å²) in [5.41, 5.74) is 14.3. The van der Waals surface area contributed by atoms with Crippen molar-refractivity contribution in [2.45, 2.75) is 43.9 Å². The Bertz CT molecular complexity index is 2930. The van der Waals surface area contributed by atoms with E-state index in [1.165, 1.54) is 77.1 Å². The van der Waals surface area contributed by atoms with E-state index in [2.05, 4.69) is 187 Å². The monoisotopic (exact) mass is 747 g/mol. The molecule has 0 aliphatic heterocycles. The average Bonchev–Trinajstić information content (AvgIpc) is 3.66. The first-order valence-electron chi connectivity index (χ1n) is 21.3. The van der Waals surface area contributed by atoms with Crippen LogP contribution in [0.5, 0.6) is 0 Å². The van der Waals surface area contributed by atoms with Gasteiger partial charge < -0.3 is 9.32 Å². The van der Waals surface area contributed by atoms with Crippen molar-refractivity contribution in [2.75, 3.05) is 4.90 Å². The number of fused-ring (bicyclic) bond motifs is 4. The minimum absolute atomic E-state index is 0.411. The lowest BCUT2D eigenvalue weighted by Gasteiger charge is -2.57. The molecule has 280 valence electrons. The van der Waals surface area contributed by atoms with Crippen LogP contribution in [-0.2, 0) is 5.41 Å². The molecule has 2 heteroatoms. The van der Waals surface area contributed by atoms with E-state index in [1.807, 2.05) is 0 Å². The smallest absolute Gasteiger partial charge is 0.159 e. The van der Waals surface area contributed by atoms with Crippen LogP contribution in [0.2, 0.25) is 0 Å². The van der Waals surface area contributed by atoms with E-state index in [0.29, 0.717) is 5.41 Å². The average molecular weight is 748 g/mol. The fraction of sp³-hybridized carbons (Fsp3) is 0.179. The predicted molar refractivity (Wildman–Crippen MR) is 242 cm³/mol. The van der Waals surface area contributed by atoms with Crippen LogP contribution in [0, 0.1) is 17.8 Å². The molecule has 4 aliphatic rings. The molecule has 0 N–H and O–H groups in total. The van der Waals surface area contributed by atoms with Crippen LogP contribution < -0.4 is 4.90 Å². The molecule has 1 heterocycles. The maximum absolute atomic E-state index is 6.75. The maximum Gasteiger partial charge on any atom is 0.159 e. The molecule has 4 fully saturated rings. The van der Waals surface area contributed by atoms with Gasteiger partial charge in [0.2, 0.25) is 0 Å². The van der Waals surface area contributed by atoms with Crippen molar-refractivity contribution in [2.24, 2.45) is 17.8 Å². The second kappa shape index (κ2) is 13.4. The van der Waals surface area contributed by atoms with Crippen molar-refractivity contribution >= 4 is 49.8 Å². The normalized spacial score (nSPS) is 20.9. The lowest BCUT2D eigenvalue weighted by atomic mass is 9.48. The van der Waals surface area contributed by atoms with Gasteiger partial charge in [0.15, 0.2) is 5.58 Å². The second-order valence-corrected chi connectivity index (χ2v) is 17.5. The summed E-state index contributed by atoms with van der Waals surface area (Å²) in [6, 6.07) is 66.8. The Morgan fingerprint density at radius 1 is 0.431 bits per heavy atom. The summed E-state index contributed by atoms with van der Waals surface area (Å²) in [7, 11) is 0. The lowest BCUT2D eigenvalue weighted by Crippen LogP contribution is -2.48. The number of benzene rings is 8. The molecule has 8 aromatic carbocycles. The first-order valence-corrected chi connectivity index (χ1v) is 21.3. The zero-order valence-electron chi connectivity index (χ0n) is 32.7. The summed E-state index contributed by atoms with van der Waals surface area (Å²) in [5.74, 6) is 2.84. The van der Waals surface area contributed by atoms with E-state index in [4.69, 9.17) is 4.42 Å². The van der Waals surface area contributed by atoms with Crippen molar-refractivity contribution in [1.29, 1.82) is 0 Å². The van der Waals surface area contributed by atoms with Crippen LogP contribution in [0.15, 0.2) is 186 Å². The number of hydrogen-bond acceptors (Lipinski definition) is 2. The molecule has 4 aliphatic carbocycles. The van der Waals surface area contributed by atoms with E-state index in [-0.39, 0.29) is 0 Å². The lowest BCUT2D eigenvalue weighted by molar-refractivity contribution is -0.00518. The standard InChI is InChI=1S/C56H45NO/c1-2-11-42(12-3-1)46-17-8-13-43-14-9-18-49(54(43)46)47-15-4-6-20-51(47)57(52-21-10-19-50-48-16-5-7-22-53(48)58-55(50)52)45-29-25-41(26-30-45)40-23-27-44(28-24-40)56-34-37-31-38(35-56)33-39(32-37)36-56/h1-30,37-39H,31-36H2. The molecule has 0 radical (unpaired) electrons. The van der Waals surface area contributed by atoms with Gasteiger partial charge in [-0.2, -0.15) is 0 Å². The van der Waals surface area contributed by atoms with Crippen molar-refractivity contribution in [1.82, 2.24) is 0 Å². The maximum atomic E-state index is 6.75. The molecule has 4 saturated carbocycles. The highest BCUT2D eigenvalue weighted by atomic mass is 16.3. The fourth-order valence-corrected chi connectivity index (χ4v) is 11.9. The second-order valence-electron chi connectivity index (χ2n) is 17.5. The molecule has 0 saturated heterocycles. The number of furan rings is 1. The van der Waals surface area contributed by atoms with Gasteiger partial charge in [-0.05, 0) is 136 Å². The van der Waals surface area contributed by atoms with Crippen molar-refractivity contribution in [3.05, 3.63) is 188 Å². The molecule has 0 atom stereocenters. The van der Waals surface area contributed by atoms with Gasteiger partial charge in [0.05, 0.1) is 11.4 Å². The van der Waals surface area contributed by atoms with E-state index >= 15 is 0 Å². The summed E-state index contributed by atoms with van der Waals surface area (Å²) >= 11 is 0. The van der Waals surface area contributed by atoms with Gasteiger partial charge in [-0.15, -0.1) is 0 Å². The Morgan fingerprint density at radius 2 is 1.00 bits per heavy atom. The Balaban J connectivity index is 0.998. The van der Waals surface area contributed by atoms with Crippen LogP contribution in [0.3, 0.4) is 0 Å². The first kappa shape index (κ1) is 33.7. The third-order valence-electron chi connectivity index (χ3n) is 14.0. The van der Waals surface area contributed by atoms with Crippen LogP contribution in [0.25, 0.3) is 66.1 Å². The third-order valence-corrected chi connectivity index (χ3v) is 14.0. The van der Waals surface area contributed by atoms with E-state index in [1.54, 1.807) is 5.56 Å². The quantitative estimate of drug-likeness (QED) is 0.161. The largest absolute Gasteiger partial charge is 0.454 e. The van der Waals surface area contributed by atoms with Gasteiger partial charge >= 0.3 is 0 Å². The third kappa shape index (κ3) is 5.46. The number of anilines is 3. The van der Waals surface area contributed by atoms with Gasteiger partial charge in [0.25, 0.3) is 0 Å². The minimum atomic E-state index is 0.411. The first-order chi connectivity index (χ1) is 28.7. The highest BCUT2D eigenvalue weighted by molar-refractivity contribution is 6.12. The molecular weight excluding hydrogens is 703 g/mol. The van der Waals surface area contributed by atoms with Crippen molar-refractivity contribution < 1.29 is 4.42 Å².